The second-order valence-corrected chi connectivity index (χ2v) is 14.2. The predicted molar refractivity (Wildman–Crippen MR) is 99.8 cm³/mol. The Morgan fingerprint density at radius 2 is 1.91 bits per heavy atom. The molecule has 0 unspecified atom stereocenters. The van der Waals surface area contributed by atoms with Crippen molar-refractivity contribution in [2.75, 3.05) is 0 Å². The topological polar surface area (TPSA) is 26.3 Å². The lowest BCUT2D eigenvalue weighted by Gasteiger charge is -2.45. The molecule has 0 radical (unpaired) electrons. The summed E-state index contributed by atoms with van der Waals surface area (Å²) in [7, 11) is -1.87. The first-order valence-corrected chi connectivity index (χ1v) is 11.9. The predicted octanol–water partition coefficient (Wildman–Crippen LogP) is 6.01. The molecule has 2 rings (SSSR count). The molecule has 2 aliphatic carbocycles. The minimum Gasteiger partial charge on any atom is -0.544 e. The Kier molecular flexibility index (Phi) is 4.75. The Morgan fingerprint density at radius 1 is 1.30 bits per heavy atom. The Bertz CT molecular complexity index is 559. The van der Waals surface area contributed by atoms with Crippen molar-refractivity contribution < 1.29 is 9.22 Å². The van der Waals surface area contributed by atoms with Gasteiger partial charge in [-0.2, -0.15) is 0 Å². The second-order valence-electron chi connectivity index (χ2n) is 9.43. The minimum atomic E-state index is -1.87. The van der Waals surface area contributed by atoms with Crippen molar-refractivity contribution in [1.29, 1.82) is 0 Å². The number of Topliss-reactive ketones (excluding diaryl/α,β-unsaturated/α-hetero) is 1. The number of carbonyl (C=O) groups is 1. The lowest BCUT2D eigenvalue weighted by molar-refractivity contribution is -0.128. The summed E-state index contributed by atoms with van der Waals surface area (Å²) < 4.78 is 6.70. The average Bonchev–Trinajstić information content (AvgIpc) is 2.35. The zero-order chi connectivity index (χ0) is 17.6. The number of hydrogen-bond acceptors (Lipinski definition) is 2. The maximum Gasteiger partial charge on any atom is 0.250 e. The summed E-state index contributed by atoms with van der Waals surface area (Å²) in [4.78, 5) is 12.5. The largest absolute Gasteiger partial charge is 0.544 e. The van der Waals surface area contributed by atoms with Crippen LogP contribution in [0.15, 0.2) is 23.0 Å². The molecular weight excluding hydrogens is 300 g/mol. The van der Waals surface area contributed by atoms with Crippen molar-refractivity contribution in [3.63, 3.8) is 0 Å². The Balaban J connectivity index is 2.45. The molecule has 0 spiro atoms. The van der Waals surface area contributed by atoms with Crippen LogP contribution in [0.2, 0.25) is 18.1 Å². The van der Waals surface area contributed by atoms with Crippen LogP contribution in [0.1, 0.15) is 67.2 Å². The van der Waals surface area contributed by atoms with Gasteiger partial charge in [0.05, 0.1) is 0 Å². The van der Waals surface area contributed by atoms with E-state index in [4.69, 9.17) is 4.43 Å². The van der Waals surface area contributed by atoms with Crippen LogP contribution in [0.5, 0.6) is 0 Å². The highest BCUT2D eigenvalue weighted by Crippen LogP contribution is 2.51. The molecule has 0 heterocycles. The summed E-state index contributed by atoms with van der Waals surface area (Å²) in [6.07, 6.45) is 6.03. The van der Waals surface area contributed by atoms with Crippen LogP contribution in [-0.2, 0) is 9.22 Å². The van der Waals surface area contributed by atoms with Crippen LogP contribution >= 0.6 is 0 Å². The van der Waals surface area contributed by atoms with Crippen LogP contribution in [0.4, 0.5) is 0 Å². The fraction of sp³-hybridized carbons (Fsp3) is 0.750. The fourth-order valence-electron chi connectivity index (χ4n) is 3.54. The molecule has 2 atom stereocenters. The van der Waals surface area contributed by atoms with Crippen LogP contribution in [-0.4, -0.2) is 14.1 Å². The molecule has 0 aromatic carbocycles. The van der Waals surface area contributed by atoms with Gasteiger partial charge in [-0.15, -0.1) is 0 Å². The van der Waals surface area contributed by atoms with E-state index in [1.54, 1.807) is 0 Å². The molecule has 1 saturated carbocycles. The SMILES string of the molecule is CC(C)=C1C[C@@H]2C(=O)CCC[C@]2(C)C=C1O[Si](C)(C)C(C)(C)C. The minimum absolute atomic E-state index is 0.0218. The zero-order valence-corrected chi connectivity index (χ0v) is 17.3. The Morgan fingerprint density at radius 3 is 2.43 bits per heavy atom. The van der Waals surface area contributed by atoms with Crippen molar-refractivity contribution >= 4 is 14.1 Å². The van der Waals surface area contributed by atoms with Gasteiger partial charge in [0, 0.05) is 12.3 Å². The molecule has 3 heteroatoms. The Labute approximate surface area is 143 Å². The third-order valence-electron chi connectivity index (χ3n) is 6.26. The molecule has 23 heavy (non-hydrogen) atoms. The van der Waals surface area contributed by atoms with Crippen LogP contribution < -0.4 is 0 Å². The van der Waals surface area contributed by atoms with Gasteiger partial charge in [0.15, 0.2) is 0 Å². The average molecular weight is 335 g/mol. The summed E-state index contributed by atoms with van der Waals surface area (Å²) in [5.74, 6) is 1.66. The standard InChI is InChI=1S/C20H34O2Si/c1-14(2)15-12-16-17(21)10-9-11-20(16,6)13-18(15)22-23(7,8)19(3,4)5/h13,16H,9-12H2,1-8H3/t16-,20-/m1/s1. The van der Waals surface area contributed by atoms with Crippen LogP contribution in [0.3, 0.4) is 0 Å². The van der Waals surface area contributed by atoms with Gasteiger partial charge >= 0.3 is 0 Å². The summed E-state index contributed by atoms with van der Waals surface area (Å²) in [6, 6.07) is 0. The summed E-state index contributed by atoms with van der Waals surface area (Å²) in [5, 5.41) is 0.181. The van der Waals surface area contributed by atoms with E-state index in [2.05, 4.69) is 60.7 Å². The lowest BCUT2D eigenvalue weighted by Crippen LogP contribution is -2.44. The molecular formula is C20H34O2Si. The van der Waals surface area contributed by atoms with Gasteiger partial charge in [-0.25, -0.2) is 0 Å². The van der Waals surface area contributed by atoms with Gasteiger partial charge in [-0.05, 0) is 68.3 Å². The normalized spacial score (nSPS) is 29.0. The quantitative estimate of drug-likeness (QED) is 0.578. The number of allylic oxidation sites excluding steroid dienone is 3. The van der Waals surface area contributed by atoms with E-state index in [9.17, 15) is 4.79 Å². The van der Waals surface area contributed by atoms with Crippen molar-refractivity contribution in [2.45, 2.75) is 85.4 Å². The van der Waals surface area contributed by atoms with Gasteiger partial charge in [-0.3, -0.25) is 4.79 Å². The molecule has 0 bridgehead atoms. The number of hydrogen-bond donors (Lipinski definition) is 0. The molecule has 0 aromatic heterocycles. The summed E-state index contributed by atoms with van der Waals surface area (Å²) in [6.45, 7) is 18.0. The monoisotopic (exact) mass is 334 g/mol. The molecule has 0 N–H and O–H groups in total. The van der Waals surface area contributed by atoms with Gasteiger partial charge < -0.3 is 4.43 Å². The molecule has 1 fully saturated rings. The van der Waals surface area contributed by atoms with E-state index in [0.717, 1.165) is 31.4 Å². The number of rotatable bonds is 2. The molecule has 0 saturated heterocycles. The zero-order valence-electron chi connectivity index (χ0n) is 16.3. The van der Waals surface area contributed by atoms with Gasteiger partial charge in [0.2, 0.25) is 8.32 Å². The molecule has 0 aromatic rings. The molecule has 2 aliphatic rings. The van der Waals surface area contributed by atoms with Gasteiger partial charge in [0.25, 0.3) is 0 Å². The van der Waals surface area contributed by atoms with Gasteiger partial charge in [0.1, 0.15) is 11.5 Å². The number of fused-ring (bicyclic) bond motifs is 1. The first kappa shape index (κ1) is 18.5. The molecule has 0 amide bonds. The number of carbonyl (C=O) groups excluding carboxylic acids is 1. The van der Waals surface area contributed by atoms with E-state index in [1.165, 1.54) is 11.1 Å². The van der Waals surface area contributed by atoms with Crippen molar-refractivity contribution in [1.82, 2.24) is 0 Å². The summed E-state index contributed by atoms with van der Waals surface area (Å²) >= 11 is 0. The maximum atomic E-state index is 12.5. The van der Waals surface area contributed by atoms with E-state index < -0.39 is 8.32 Å². The summed E-state index contributed by atoms with van der Waals surface area (Å²) in [5.41, 5.74) is 2.54. The van der Waals surface area contributed by atoms with Gasteiger partial charge in [-0.1, -0.05) is 33.3 Å². The van der Waals surface area contributed by atoms with Crippen LogP contribution in [0, 0.1) is 11.3 Å². The highest BCUT2D eigenvalue weighted by molar-refractivity contribution is 6.74. The van der Waals surface area contributed by atoms with E-state index in [1.807, 2.05) is 0 Å². The first-order chi connectivity index (χ1) is 10.4. The molecule has 0 aliphatic heterocycles. The third kappa shape index (κ3) is 3.50. The molecule has 2 nitrogen and oxygen atoms in total. The highest BCUT2D eigenvalue weighted by Gasteiger charge is 2.46. The smallest absolute Gasteiger partial charge is 0.250 e. The second kappa shape index (κ2) is 5.91. The first-order valence-electron chi connectivity index (χ1n) is 8.99. The fourth-order valence-corrected chi connectivity index (χ4v) is 4.58. The van der Waals surface area contributed by atoms with Crippen molar-refractivity contribution in [3.8, 4) is 0 Å². The lowest BCUT2D eigenvalue weighted by atomic mass is 9.61. The molecule has 130 valence electrons. The van der Waals surface area contributed by atoms with E-state index >= 15 is 0 Å². The van der Waals surface area contributed by atoms with Crippen molar-refractivity contribution in [3.05, 3.63) is 23.0 Å². The van der Waals surface area contributed by atoms with E-state index in [0.29, 0.717) is 5.78 Å². The third-order valence-corrected chi connectivity index (χ3v) is 10.6. The Hall–Kier alpha value is -0.833. The van der Waals surface area contributed by atoms with Crippen LogP contribution in [0.25, 0.3) is 0 Å². The number of ketones is 1. The maximum absolute atomic E-state index is 12.5. The van der Waals surface area contributed by atoms with Crippen molar-refractivity contribution in [2.24, 2.45) is 11.3 Å². The highest BCUT2D eigenvalue weighted by atomic mass is 28.4. The van der Waals surface area contributed by atoms with E-state index in [-0.39, 0.29) is 16.4 Å².